The van der Waals surface area contributed by atoms with E-state index < -0.39 is 0 Å². The summed E-state index contributed by atoms with van der Waals surface area (Å²) in [5.41, 5.74) is 1.23. The second-order valence-corrected chi connectivity index (χ2v) is 5.17. The van der Waals surface area contributed by atoms with Crippen molar-refractivity contribution in [1.82, 2.24) is 14.8 Å². The van der Waals surface area contributed by atoms with E-state index >= 15 is 0 Å². The Hall–Kier alpha value is -1.68. The van der Waals surface area contributed by atoms with Crippen molar-refractivity contribution >= 4 is 21.6 Å². The van der Waals surface area contributed by atoms with Crippen LogP contribution in [-0.4, -0.2) is 14.8 Å². The van der Waals surface area contributed by atoms with Crippen LogP contribution in [0.2, 0.25) is 0 Å². The maximum Gasteiger partial charge on any atom is 0.154 e. The van der Waals surface area contributed by atoms with Crippen LogP contribution in [-0.2, 0) is 0 Å². The van der Waals surface area contributed by atoms with E-state index in [2.05, 4.69) is 16.4 Å². The van der Waals surface area contributed by atoms with Gasteiger partial charge in [0.15, 0.2) is 5.82 Å². The van der Waals surface area contributed by atoms with Crippen molar-refractivity contribution in [2.45, 2.75) is 18.8 Å². The lowest BCUT2D eigenvalue weighted by atomic mass is 10.2. The standard InChI is InChI=1S/C13H10N3S/c1-2-7-14-11(3-1)16-13-10(6-8-17-13)12(15-16)9-4-5-9/h1-3,6-7,9H,4-5H2. The summed E-state index contributed by atoms with van der Waals surface area (Å²) in [6.07, 6.45) is 4.34. The third kappa shape index (κ3) is 1.41. The zero-order chi connectivity index (χ0) is 11.2. The minimum atomic E-state index is 0.658. The number of pyridine rings is 1. The molecule has 83 valence electrons. The van der Waals surface area contributed by atoms with Gasteiger partial charge < -0.3 is 0 Å². The molecular formula is C13H10N3S. The van der Waals surface area contributed by atoms with Crippen molar-refractivity contribution in [3.05, 3.63) is 41.5 Å². The second kappa shape index (κ2) is 3.40. The summed E-state index contributed by atoms with van der Waals surface area (Å²) in [7, 11) is 0. The summed E-state index contributed by atoms with van der Waals surface area (Å²) < 4.78 is 1.95. The minimum absolute atomic E-state index is 0.658. The van der Waals surface area contributed by atoms with Gasteiger partial charge in [0.1, 0.15) is 4.83 Å². The van der Waals surface area contributed by atoms with Gasteiger partial charge in [0.25, 0.3) is 0 Å². The molecule has 1 aliphatic rings. The molecule has 0 atom stereocenters. The van der Waals surface area contributed by atoms with E-state index in [1.807, 2.05) is 22.9 Å². The lowest BCUT2D eigenvalue weighted by molar-refractivity contribution is 0.837. The number of fused-ring (bicyclic) bond motifs is 1. The van der Waals surface area contributed by atoms with Gasteiger partial charge >= 0.3 is 0 Å². The molecule has 1 fully saturated rings. The maximum atomic E-state index is 4.73. The van der Waals surface area contributed by atoms with Crippen molar-refractivity contribution in [3.8, 4) is 5.82 Å². The molecule has 0 aliphatic heterocycles. The van der Waals surface area contributed by atoms with Crippen LogP contribution in [0.25, 0.3) is 16.0 Å². The second-order valence-electron chi connectivity index (χ2n) is 4.34. The number of hydrogen-bond acceptors (Lipinski definition) is 3. The molecular weight excluding hydrogens is 230 g/mol. The highest BCUT2D eigenvalue weighted by Crippen LogP contribution is 2.43. The van der Waals surface area contributed by atoms with Gasteiger partial charge in [-0.15, -0.1) is 11.3 Å². The Morgan fingerprint density at radius 3 is 3.06 bits per heavy atom. The summed E-state index contributed by atoms with van der Waals surface area (Å²) in [5, 5.41) is 9.18. The average Bonchev–Trinajstić information content (AvgIpc) is 2.99. The average molecular weight is 240 g/mol. The Balaban J connectivity index is 1.98. The van der Waals surface area contributed by atoms with E-state index in [0.29, 0.717) is 5.92 Å². The van der Waals surface area contributed by atoms with Gasteiger partial charge in [0.05, 0.1) is 5.69 Å². The van der Waals surface area contributed by atoms with Crippen molar-refractivity contribution in [3.63, 3.8) is 0 Å². The van der Waals surface area contributed by atoms with Crippen LogP contribution in [0.4, 0.5) is 0 Å². The van der Waals surface area contributed by atoms with Crippen LogP contribution in [0.1, 0.15) is 24.5 Å². The van der Waals surface area contributed by atoms with E-state index in [1.54, 1.807) is 17.5 Å². The first-order valence-corrected chi connectivity index (χ1v) is 6.55. The number of aromatic nitrogens is 3. The number of hydrogen-bond donors (Lipinski definition) is 0. The lowest BCUT2D eigenvalue weighted by Crippen LogP contribution is -1.98. The fourth-order valence-electron chi connectivity index (χ4n) is 2.10. The molecule has 0 saturated heterocycles. The highest BCUT2D eigenvalue weighted by molar-refractivity contribution is 7.16. The predicted octanol–water partition coefficient (Wildman–Crippen LogP) is 3.16. The molecule has 1 aliphatic carbocycles. The third-order valence-corrected chi connectivity index (χ3v) is 3.92. The Bertz CT molecular complexity index is 664. The third-order valence-electron chi connectivity index (χ3n) is 3.10. The molecule has 0 amide bonds. The fraction of sp³-hybridized carbons (Fsp3) is 0.231. The van der Waals surface area contributed by atoms with Gasteiger partial charge in [-0.2, -0.15) is 5.10 Å². The van der Waals surface area contributed by atoms with Crippen LogP contribution in [0.3, 0.4) is 0 Å². The van der Waals surface area contributed by atoms with Crippen molar-refractivity contribution in [1.29, 1.82) is 0 Å². The van der Waals surface area contributed by atoms with Gasteiger partial charge in [0.2, 0.25) is 0 Å². The summed E-state index contributed by atoms with van der Waals surface area (Å²) in [6.45, 7) is 0. The van der Waals surface area contributed by atoms with Crippen LogP contribution < -0.4 is 0 Å². The molecule has 0 N–H and O–H groups in total. The summed E-state index contributed by atoms with van der Waals surface area (Å²) in [6, 6.07) is 7.96. The normalized spacial score (nSPS) is 15.5. The molecule has 4 rings (SSSR count). The van der Waals surface area contributed by atoms with Gasteiger partial charge in [-0.1, -0.05) is 6.07 Å². The largest absolute Gasteiger partial charge is 0.237 e. The molecule has 3 aromatic rings. The first kappa shape index (κ1) is 9.36. The number of nitrogens with zero attached hydrogens (tertiary/aromatic N) is 3. The van der Waals surface area contributed by atoms with E-state index in [9.17, 15) is 0 Å². The monoisotopic (exact) mass is 240 g/mol. The van der Waals surface area contributed by atoms with Gasteiger partial charge in [-0.3, -0.25) is 0 Å². The first-order valence-electron chi connectivity index (χ1n) is 5.73. The SMILES string of the molecule is [c]1cc2c(C3CC3)nn(-c3ccccn3)c2s1. The van der Waals surface area contributed by atoms with E-state index in [0.717, 1.165) is 10.6 Å². The smallest absolute Gasteiger partial charge is 0.154 e. The molecule has 0 unspecified atom stereocenters. The van der Waals surface area contributed by atoms with Gasteiger partial charge in [-0.25, -0.2) is 9.67 Å². The summed E-state index contributed by atoms with van der Waals surface area (Å²) >= 11 is 1.61. The van der Waals surface area contributed by atoms with Crippen molar-refractivity contribution < 1.29 is 0 Å². The first-order chi connectivity index (χ1) is 8.43. The highest BCUT2D eigenvalue weighted by Gasteiger charge is 2.29. The van der Waals surface area contributed by atoms with Gasteiger partial charge in [0, 0.05) is 22.9 Å². The molecule has 0 spiro atoms. The van der Waals surface area contributed by atoms with E-state index in [4.69, 9.17) is 5.10 Å². The van der Waals surface area contributed by atoms with Crippen LogP contribution in [0.5, 0.6) is 0 Å². The summed E-state index contributed by atoms with van der Waals surface area (Å²) in [5.74, 6) is 1.55. The molecule has 0 bridgehead atoms. The molecule has 1 radical (unpaired) electrons. The van der Waals surface area contributed by atoms with Crippen LogP contribution in [0.15, 0.2) is 30.5 Å². The van der Waals surface area contributed by atoms with Crippen molar-refractivity contribution in [2.75, 3.05) is 0 Å². The Morgan fingerprint density at radius 1 is 1.35 bits per heavy atom. The molecule has 3 aromatic heterocycles. The van der Waals surface area contributed by atoms with Crippen molar-refractivity contribution in [2.24, 2.45) is 0 Å². The Morgan fingerprint density at radius 2 is 2.29 bits per heavy atom. The zero-order valence-corrected chi connectivity index (χ0v) is 9.94. The minimum Gasteiger partial charge on any atom is -0.237 e. The van der Waals surface area contributed by atoms with Gasteiger partial charge in [-0.05, 0) is 31.0 Å². The maximum absolute atomic E-state index is 4.73. The fourth-order valence-corrected chi connectivity index (χ4v) is 2.88. The number of rotatable bonds is 2. The Kier molecular flexibility index (Phi) is 1.87. The molecule has 17 heavy (non-hydrogen) atoms. The summed E-state index contributed by atoms with van der Waals surface area (Å²) in [4.78, 5) is 5.52. The molecule has 3 nitrogen and oxygen atoms in total. The lowest BCUT2D eigenvalue weighted by Gasteiger charge is -1.99. The molecule has 0 aromatic carbocycles. The van der Waals surface area contributed by atoms with Crippen LogP contribution in [0, 0.1) is 5.38 Å². The topological polar surface area (TPSA) is 30.7 Å². The Labute approximate surface area is 103 Å². The highest BCUT2D eigenvalue weighted by atomic mass is 32.1. The molecule has 1 saturated carbocycles. The molecule has 3 heterocycles. The predicted molar refractivity (Wildman–Crippen MR) is 67.6 cm³/mol. The van der Waals surface area contributed by atoms with E-state index in [1.165, 1.54) is 23.9 Å². The molecule has 4 heteroatoms. The van der Waals surface area contributed by atoms with E-state index in [-0.39, 0.29) is 0 Å². The zero-order valence-electron chi connectivity index (χ0n) is 9.13. The quantitative estimate of drug-likeness (QED) is 0.689. The number of thiophene rings is 1. The van der Waals surface area contributed by atoms with Crippen LogP contribution >= 0.6 is 11.3 Å².